The molecule has 0 saturated carbocycles. The molecule has 1 aromatic rings. The fourth-order valence-corrected chi connectivity index (χ4v) is 4.06. The minimum Gasteiger partial charge on any atom is -0.389 e. The third-order valence-electron chi connectivity index (χ3n) is 5.75. The molecule has 9 heteroatoms. The minimum atomic E-state index is -1.11. The molecule has 7 N–H and O–H groups in total. The number of primary amides is 1. The number of carbonyl (C=O) groups is 3. The van der Waals surface area contributed by atoms with Crippen LogP contribution in [0.5, 0.6) is 0 Å². The van der Waals surface area contributed by atoms with E-state index in [0.29, 0.717) is 6.42 Å². The first-order chi connectivity index (χ1) is 15.0. The quantitative estimate of drug-likeness (QED) is 0.331. The van der Waals surface area contributed by atoms with Crippen LogP contribution in [0.25, 0.3) is 0 Å². The van der Waals surface area contributed by atoms with E-state index < -0.39 is 30.0 Å². The van der Waals surface area contributed by atoms with Gasteiger partial charge >= 0.3 is 0 Å². The number of nitrogens with two attached hydrogens (primary N) is 2. The molecule has 1 aliphatic heterocycles. The van der Waals surface area contributed by atoms with Crippen molar-refractivity contribution in [3.63, 3.8) is 0 Å². The monoisotopic (exact) mass is 447 g/mol. The molecule has 1 aromatic carbocycles. The summed E-state index contributed by atoms with van der Waals surface area (Å²) in [6.07, 6.45) is 0.715. The maximum Gasteiger partial charge on any atom is 0.237 e. The number of amides is 3. The van der Waals surface area contributed by atoms with Crippen LogP contribution in [0, 0.1) is 0 Å². The Hall–Kier alpha value is -2.49. The van der Waals surface area contributed by atoms with Crippen LogP contribution in [0.1, 0.15) is 45.6 Å². The van der Waals surface area contributed by atoms with E-state index >= 15 is 0 Å². The van der Waals surface area contributed by atoms with Crippen LogP contribution in [-0.2, 0) is 20.8 Å². The first kappa shape index (κ1) is 25.8. The molecule has 0 unspecified atom stereocenters. The standard InChI is InChI=1S/C23H37N5O4/c1-23(2,3)28-11-7-10-18(28)22(32)26-14-19(29)17(12-15-8-5-4-6-9-15)27-21(31)16(24)13-20(25)30/h4-6,8-9,16-19,29H,7,10-14,24H2,1-3H3,(H2,25,30)(H,26,32)(H,27,31)/t16-,17-,18-,19+/m0/s1. The molecule has 0 aromatic heterocycles. The number of aliphatic hydroxyl groups is 1. The maximum atomic E-state index is 12.8. The van der Waals surface area contributed by atoms with E-state index in [1.54, 1.807) is 0 Å². The summed E-state index contributed by atoms with van der Waals surface area (Å²) < 4.78 is 0. The highest BCUT2D eigenvalue weighted by Crippen LogP contribution is 2.26. The van der Waals surface area contributed by atoms with Gasteiger partial charge in [0.25, 0.3) is 0 Å². The van der Waals surface area contributed by atoms with Crippen molar-refractivity contribution in [3.8, 4) is 0 Å². The number of hydrogen-bond acceptors (Lipinski definition) is 6. The van der Waals surface area contributed by atoms with Gasteiger partial charge in [-0.05, 0) is 52.1 Å². The van der Waals surface area contributed by atoms with Gasteiger partial charge in [-0.3, -0.25) is 19.3 Å². The number of nitrogens with one attached hydrogen (secondary N) is 2. The van der Waals surface area contributed by atoms with Gasteiger partial charge in [-0.1, -0.05) is 30.3 Å². The van der Waals surface area contributed by atoms with Gasteiger partial charge in [-0.25, -0.2) is 0 Å². The first-order valence-corrected chi connectivity index (χ1v) is 11.1. The van der Waals surface area contributed by atoms with Crippen molar-refractivity contribution >= 4 is 17.7 Å². The van der Waals surface area contributed by atoms with Crippen molar-refractivity contribution in [2.75, 3.05) is 13.1 Å². The summed E-state index contributed by atoms with van der Waals surface area (Å²) in [6.45, 7) is 7.07. The van der Waals surface area contributed by atoms with Crippen LogP contribution in [0.15, 0.2) is 30.3 Å². The Morgan fingerprint density at radius 1 is 1.22 bits per heavy atom. The number of carbonyl (C=O) groups excluding carboxylic acids is 3. The Morgan fingerprint density at radius 3 is 2.47 bits per heavy atom. The lowest BCUT2D eigenvalue weighted by molar-refractivity contribution is -0.128. The lowest BCUT2D eigenvalue weighted by Gasteiger charge is -2.36. The van der Waals surface area contributed by atoms with E-state index in [4.69, 9.17) is 11.5 Å². The normalized spacial score (nSPS) is 19.7. The average molecular weight is 448 g/mol. The molecule has 1 heterocycles. The fraction of sp³-hybridized carbons (Fsp3) is 0.609. The Bertz CT molecular complexity index is 780. The number of likely N-dealkylation sites (tertiary alicyclic amines) is 1. The summed E-state index contributed by atoms with van der Waals surface area (Å²) in [6, 6.07) is 7.32. The highest BCUT2D eigenvalue weighted by molar-refractivity contribution is 5.87. The number of benzene rings is 1. The lowest BCUT2D eigenvalue weighted by atomic mass is 10.00. The summed E-state index contributed by atoms with van der Waals surface area (Å²) in [5.41, 5.74) is 11.7. The Labute approximate surface area is 189 Å². The summed E-state index contributed by atoms with van der Waals surface area (Å²) in [7, 11) is 0. The van der Waals surface area contributed by atoms with Crippen molar-refractivity contribution in [2.24, 2.45) is 11.5 Å². The van der Waals surface area contributed by atoms with E-state index in [9.17, 15) is 19.5 Å². The van der Waals surface area contributed by atoms with Crippen LogP contribution in [0.2, 0.25) is 0 Å². The molecule has 32 heavy (non-hydrogen) atoms. The number of nitrogens with zero attached hydrogens (tertiary/aromatic N) is 1. The topological polar surface area (TPSA) is 151 Å². The van der Waals surface area contributed by atoms with Crippen LogP contribution >= 0.6 is 0 Å². The highest BCUT2D eigenvalue weighted by atomic mass is 16.3. The SMILES string of the molecule is CC(C)(C)N1CCC[C@H]1C(=O)NC[C@@H](O)[C@H](Cc1ccccc1)NC(=O)[C@@H](N)CC(N)=O. The second kappa shape index (κ2) is 11.4. The molecular formula is C23H37N5O4. The number of hydrogen-bond donors (Lipinski definition) is 5. The first-order valence-electron chi connectivity index (χ1n) is 11.1. The second-order valence-corrected chi connectivity index (χ2v) is 9.42. The van der Waals surface area contributed by atoms with Crippen LogP contribution < -0.4 is 22.1 Å². The molecule has 3 amide bonds. The average Bonchev–Trinajstić information content (AvgIpc) is 3.22. The van der Waals surface area contributed by atoms with Crippen LogP contribution in [0.4, 0.5) is 0 Å². The van der Waals surface area contributed by atoms with Crippen molar-refractivity contribution in [1.82, 2.24) is 15.5 Å². The Morgan fingerprint density at radius 2 is 1.88 bits per heavy atom. The van der Waals surface area contributed by atoms with E-state index in [1.165, 1.54) is 0 Å². The zero-order valence-corrected chi connectivity index (χ0v) is 19.2. The van der Waals surface area contributed by atoms with E-state index in [1.807, 2.05) is 30.3 Å². The fourth-order valence-electron chi connectivity index (χ4n) is 4.06. The van der Waals surface area contributed by atoms with E-state index in [0.717, 1.165) is 24.9 Å². The molecule has 178 valence electrons. The molecule has 9 nitrogen and oxygen atoms in total. The van der Waals surface area contributed by atoms with Gasteiger partial charge < -0.3 is 27.2 Å². The van der Waals surface area contributed by atoms with Gasteiger partial charge in [0.1, 0.15) is 0 Å². The second-order valence-electron chi connectivity index (χ2n) is 9.42. The molecule has 1 aliphatic rings. The summed E-state index contributed by atoms with van der Waals surface area (Å²) in [4.78, 5) is 38.5. The Kier molecular flexibility index (Phi) is 9.18. The molecule has 0 bridgehead atoms. The van der Waals surface area contributed by atoms with Gasteiger partial charge in [0, 0.05) is 12.1 Å². The van der Waals surface area contributed by atoms with Crippen molar-refractivity contribution < 1.29 is 19.5 Å². The molecule has 0 radical (unpaired) electrons. The molecule has 4 atom stereocenters. The summed E-state index contributed by atoms with van der Waals surface area (Å²) in [5, 5.41) is 16.4. The molecule has 2 rings (SSSR count). The Balaban J connectivity index is 2.03. The van der Waals surface area contributed by atoms with Crippen LogP contribution in [0.3, 0.4) is 0 Å². The predicted molar refractivity (Wildman–Crippen MR) is 122 cm³/mol. The van der Waals surface area contributed by atoms with Gasteiger partial charge in [-0.2, -0.15) is 0 Å². The van der Waals surface area contributed by atoms with Gasteiger partial charge in [0.2, 0.25) is 17.7 Å². The van der Waals surface area contributed by atoms with E-state index in [-0.39, 0.29) is 30.5 Å². The van der Waals surface area contributed by atoms with Gasteiger partial charge in [-0.15, -0.1) is 0 Å². The molecule has 0 aliphatic carbocycles. The zero-order chi connectivity index (χ0) is 23.9. The van der Waals surface area contributed by atoms with Crippen molar-refractivity contribution in [3.05, 3.63) is 35.9 Å². The predicted octanol–water partition coefficient (Wildman–Crippen LogP) is -0.343. The smallest absolute Gasteiger partial charge is 0.237 e. The summed E-state index contributed by atoms with van der Waals surface area (Å²) in [5.74, 6) is -1.39. The molecular weight excluding hydrogens is 410 g/mol. The van der Waals surface area contributed by atoms with Crippen molar-refractivity contribution in [1.29, 1.82) is 0 Å². The minimum absolute atomic E-state index is 0.0177. The lowest BCUT2D eigenvalue weighted by Crippen LogP contribution is -2.56. The number of rotatable bonds is 10. The van der Waals surface area contributed by atoms with E-state index in [2.05, 4.69) is 36.3 Å². The van der Waals surface area contributed by atoms with Crippen molar-refractivity contribution in [2.45, 2.75) is 76.2 Å². The summed E-state index contributed by atoms with van der Waals surface area (Å²) >= 11 is 0. The molecule has 1 fully saturated rings. The van der Waals surface area contributed by atoms with Crippen LogP contribution in [-0.4, -0.2) is 70.6 Å². The maximum absolute atomic E-state index is 12.8. The molecule has 0 spiro atoms. The third-order valence-corrected chi connectivity index (χ3v) is 5.75. The third kappa shape index (κ3) is 7.58. The molecule has 1 saturated heterocycles. The van der Waals surface area contributed by atoms with Gasteiger partial charge in [0.05, 0.1) is 30.7 Å². The zero-order valence-electron chi connectivity index (χ0n) is 19.2. The largest absolute Gasteiger partial charge is 0.389 e. The highest BCUT2D eigenvalue weighted by Gasteiger charge is 2.37. The van der Waals surface area contributed by atoms with Gasteiger partial charge in [0.15, 0.2) is 0 Å². The number of aliphatic hydroxyl groups excluding tert-OH is 1.